The first-order valence-electron chi connectivity index (χ1n) is 6.98. The molecule has 7 nitrogen and oxygen atoms in total. The van der Waals surface area contributed by atoms with E-state index < -0.39 is 10.8 Å². The van der Waals surface area contributed by atoms with E-state index in [1.54, 1.807) is 30.3 Å². The van der Waals surface area contributed by atoms with E-state index >= 15 is 0 Å². The summed E-state index contributed by atoms with van der Waals surface area (Å²) in [6, 6.07) is 15.3. The van der Waals surface area contributed by atoms with E-state index in [-0.39, 0.29) is 22.9 Å². The highest BCUT2D eigenvalue weighted by Crippen LogP contribution is 2.27. The minimum Gasteiger partial charge on any atom is -0.506 e. The molecule has 1 aromatic heterocycles. The molecule has 0 aliphatic rings. The molecule has 2 N–H and O–H groups in total. The Labute approximate surface area is 136 Å². The zero-order valence-electron chi connectivity index (χ0n) is 12.3. The number of non-ortho nitro benzene ring substituents is 1. The highest BCUT2D eigenvalue weighted by Gasteiger charge is 2.15. The fraction of sp³-hybridized carbons (Fsp3) is 0. The molecule has 2 aromatic carbocycles. The molecular weight excluding hydrogens is 312 g/mol. The molecule has 0 spiro atoms. The van der Waals surface area contributed by atoms with Gasteiger partial charge < -0.3 is 14.8 Å². The molecule has 1 amide bonds. The van der Waals surface area contributed by atoms with Gasteiger partial charge in [-0.25, -0.2) is 0 Å². The molecule has 0 aliphatic carbocycles. The average molecular weight is 324 g/mol. The van der Waals surface area contributed by atoms with Gasteiger partial charge in [0.25, 0.3) is 11.6 Å². The van der Waals surface area contributed by atoms with Crippen LogP contribution in [-0.2, 0) is 0 Å². The zero-order valence-corrected chi connectivity index (χ0v) is 12.3. The monoisotopic (exact) mass is 324 g/mol. The predicted molar refractivity (Wildman–Crippen MR) is 86.9 cm³/mol. The van der Waals surface area contributed by atoms with Crippen molar-refractivity contribution in [3.8, 4) is 17.1 Å². The summed E-state index contributed by atoms with van der Waals surface area (Å²) >= 11 is 0. The van der Waals surface area contributed by atoms with E-state index in [0.29, 0.717) is 11.3 Å². The Balaban J connectivity index is 1.83. The van der Waals surface area contributed by atoms with E-state index in [4.69, 9.17) is 4.42 Å². The number of nitro benzene ring substituents is 1. The molecule has 0 fully saturated rings. The number of nitro groups is 1. The summed E-state index contributed by atoms with van der Waals surface area (Å²) in [6.07, 6.45) is 0. The number of hydrogen-bond donors (Lipinski definition) is 2. The van der Waals surface area contributed by atoms with Crippen LogP contribution < -0.4 is 5.32 Å². The van der Waals surface area contributed by atoms with Crippen molar-refractivity contribution in [1.29, 1.82) is 0 Å². The Kier molecular flexibility index (Phi) is 3.98. The fourth-order valence-electron chi connectivity index (χ4n) is 2.15. The topological polar surface area (TPSA) is 106 Å². The Hall–Kier alpha value is -3.61. The van der Waals surface area contributed by atoms with Gasteiger partial charge in [-0.15, -0.1) is 0 Å². The second kappa shape index (κ2) is 6.25. The number of para-hydroxylation sites is 2. The van der Waals surface area contributed by atoms with Crippen molar-refractivity contribution < 1.29 is 19.2 Å². The van der Waals surface area contributed by atoms with Crippen LogP contribution in [0.4, 0.5) is 11.4 Å². The number of anilines is 1. The standard InChI is InChI=1S/C17H12N2O5/c20-14-7-2-1-6-13(14)18-17(21)16-9-8-15(24-16)11-4-3-5-12(10-11)19(22)23/h1-10,20H,(H,18,21). The van der Waals surface area contributed by atoms with Crippen molar-refractivity contribution in [2.75, 3.05) is 5.32 Å². The smallest absolute Gasteiger partial charge is 0.291 e. The molecular formula is C17H12N2O5. The lowest BCUT2D eigenvalue weighted by Gasteiger charge is -2.05. The number of amides is 1. The zero-order chi connectivity index (χ0) is 17.1. The number of carbonyl (C=O) groups excluding carboxylic acids is 1. The van der Waals surface area contributed by atoms with Crippen LogP contribution in [0.3, 0.4) is 0 Å². The first kappa shape index (κ1) is 15.3. The van der Waals surface area contributed by atoms with Gasteiger partial charge in [0.15, 0.2) is 5.76 Å². The minimum absolute atomic E-state index is 0.0276. The van der Waals surface area contributed by atoms with Gasteiger partial charge in [0.1, 0.15) is 11.5 Å². The number of carbonyl (C=O) groups is 1. The van der Waals surface area contributed by atoms with Crippen LogP contribution in [0.5, 0.6) is 5.75 Å². The lowest BCUT2D eigenvalue weighted by molar-refractivity contribution is -0.384. The van der Waals surface area contributed by atoms with Gasteiger partial charge in [-0.05, 0) is 24.3 Å². The number of nitrogens with one attached hydrogen (secondary N) is 1. The normalized spacial score (nSPS) is 10.3. The number of hydrogen-bond acceptors (Lipinski definition) is 5. The quantitative estimate of drug-likeness (QED) is 0.431. The first-order chi connectivity index (χ1) is 11.5. The van der Waals surface area contributed by atoms with E-state index in [2.05, 4.69) is 5.32 Å². The van der Waals surface area contributed by atoms with Gasteiger partial charge in [-0.3, -0.25) is 14.9 Å². The number of phenols is 1. The number of aromatic hydroxyl groups is 1. The second-order valence-corrected chi connectivity index (χ2v) is 4.94. The van der Waals surface area contributed by atoms with Gasteiger partial charge in [-0.2, -0.15) is 0 Å². The summed E-state index contributed by atoms with van der Waals surface area (Å²) in [4.78, 5) is 22.5. The lowest BCUT2D eigenvalue weighted by Crippen LogP contribution is -2.10. The van der Waals surface area contributed by atoms with Crippen molar-refractivity contribution in [3.05, 3.63) is 76.5 Å². The fourth-order valence-corrected chi connectivity index (χ4v) is 2.15. The molecule has 3 aromatic rings. The summed E-state index contributed by atoms with van der Waals surface area (Å²) in [5, 5.41) is 23.0. The van der Waals surface area contributed by atoms with E-state index in [0.717, 1.165) is 0 Å². The number of furan rings is 1. The third kappa shape index (κ3) is 3.09. The maximum Gasteiger partial charge on any atom is 0.291 e. The Morgan fingerprint density at radius 1 is 1.08 bits per heavy atom. The van der Waals surface area contributed by atoms with E-state index in [1.807, 2.05) is 0 Å². The molecule has 3 rings (SSSR count). The Morgan fingerprint density at radius 2 is 1.88 bits per heavy atom. The molecule has 0 aliphatic heterocycles. The Bertz CT molecular complexity index is 917. The highest BCUT2D eigenvalue weighted by atomic mass is 16.6. The molecule has 0 bridgehead atoms. The molecule has 7 heteroatoms. The molecule has 24 heavy (non-hydrogen) atoms. The third-order valence-corrected chi connectivity index (χ3v) is 3.32. The lowest BCUT2D eigenvalue weighted by atomic mass is 10.1. The van der Waals surface area contributed by atoms with Crippen molar-refractivity contribution >= 4 is 17.3 Å². The molecule has 0 unspecified atom stereocenters. The van der Waals surface area contributed by atoms with Crippen LogP contribution in [0.1, 0.15) is 10.6 Å². The number of nitrogens with zero attached hydrogens (tertiary/aromatic N) is 1. The van der Waals surface area contributed by atoms with Gasteiger partial charge in [0.05, 0.1) is 10.6 Å². The predicted octanol–water partition coefficient (Wildman–Crippen LogP) is 3.81. The average Bonchev–Trinajstić information content (AvgIpc) is 3.07. The second-order valence-electron chi connectivity index (χ2n) is 4.94. The van der Waals surface area contributed by atoms with Crippen LogP contribution >= 0.6 is 0 Å². The van der Waals surface area contributed by atoms with Crippen molar-refractivity contribution in [1.82, 2.24) is 0 Å². The third-order valence-electron chi connectivity index (χ3n) is 3.32. The molecule has 0 radical (unpaired) electrons. The number of phenolic OH excluding ortho intramolecular Hbond substituents is 1. The molecule has 0 saturated heterocycles. The summed E-state index contributed by atoms with van der Waals surface area (Å²) in [5.74, 6) is -0.231. The SMILES string of the molecule is O=C(Nc1ccccc1O)c1ccc(-c2cccc([N+](=O)[O-])c2)o1. The maximum atomic E-state index is 12.2. The van der Waals surface area contributed by atoms with Crippen LogP contribution in [-0.4, -0.2) is 15.9 Å². The molecule has 0 saturated carbocycles. The number of benzene rings is 2. The van der Waals surface area contributed by atoms with Crippen LogP contribution in [0, 0.1) is 10.1 Å². The van der Waals surface area contributed by atoms with Gasteiger partial charge >= 0.3 is 0 Å². The van der Waals surface area contributed by atoms with Crippen LogP contribution in [0.15, 0.2) is 65.1 Å². The van der Waals surface area contributed by atoms with Gasteiger partial charge in [0.2, 0.25) is 0 Å². The molecule has 120 valence electrons. The number of rotatable bonds is 4. The first-order valence-corrected chi connectivity index (χ1v) is 6.98. The summed E-state index contributed by atoms with van der Waals surface area (Å²) in [6.45, 7) is 0. The van der Waals surface area contributed by atoms with E-state index in [9.17, 15) is 20.0 Å². The maximum absolute atomic E-state index is 12.2. The van der Waals surface area contributed by atoms with Crippen LogP contribution in [0.25, 0.3) is 11.3 Å². The van der Waals surface area contributed by atoms with E-state index in [1.165, 1.54) is 30.3 Å². The van der Waals surface area contributed by atoms with Crippen molar-refractivity contribution in [2.45, 2.75) is 0 Å². The van der Waals surface area contributed by atoms with Gasteiger partial charge in [-0.1, -0.05) is 24.3 Å². The summed E-state index contributed by atoms with van der Waals surface area (Å²) in [7, 11) is 0. The minimum atomic E-state index is -0.534. The van der Waals surface area contributed by atoms with Crippen LogP contribution in [0.2, 0.25) is 0 Å². The summed E-state index contributed by atoms with van der Waals surface area (Å²) < 4.78 is 5.46. The van der Waals surface area contributed by atoms with Crippen molar-refractivity contribution in [3.63, 3.8) is 0 Å². The summed E-state index contributed by atoms with van der Waals surface area (Å²) in [5.41, 5.74) is 0.686. The Morgan fingerprint density at radius 3 is 2.62 bits per heavy atom. The van der Waals surface area contributed by atoms with Crippen molar-refractivity contribution in [2.24, 2.45) is 0 Å². The largest absolute Gasteiger partial charge is 0.506 e. The molecule has 1 heterocycles. The highest BCUT2D eigenvalue weighted by molar-refractivity contribution is 6.03. The molecule has 0 atom stereocenters. The van der Waals surface area contributed by atoms with Gasteiger partial charge in [0, 0.05) is 17.7 Å².